The summed E-state index contributed by atoms with van der Waals surface area (Å²) in [5.74, 6) is -0.519. The molecule has 1 heterocycles. The minimum Gasteiger partial charge on any atom is -0.469 e. The maximum Gasteiger partial charge on any atom is 0.310 e. The van der Waals surface area contributed by atoms with Gasteiger partial charge in [0.25, 0.3) is 0 Å². The summed E-state index contributed by atoms with van der Waals surface area (Å²) in [5, 5.41) is 5.96. The average molecular weight is 356 g/mol. The molecule has 8 heteroatoms. The molecule has 2 aromatic rings. The van der Waals surface area contributed by atoms with Crippen LogP contribution in [-0.2, 0) is 20.7 Å². The van der Waals surface area contributed by atoms with E-state index in [2.05, 4.69) is 15.6 Å². The highest BCUT2D eigenvalue weighted by Crippen LogP contribution is 2.31. The Labute approximate surface area is 144 Å². The summed E-state index contributed by atoms with van der Waals surface area (Å²) in [6.07, 6.45) is 0.125. The molecule has 0 atom stereocenters. The smallest absolute Gasteiger partial charge is 0.310 e. The van der Waals surface area contributed by atoms with Gasteiger partial charge in [0.15, 0.2) is 5.13 Å². The molecule has 0 aliphatic carbocycles. The van der Waals surface area contributed by atoms with Gasteiger partial charge in [-0.15, -0.1) is 23.7 Å². The summed E-state index contributed by atoms with van der Waals surface area (Å²) in [4.78, 5) is 28.4. The lowest BCUT2D eigenvalue weighted by Gasteiger charge is -2.01. The van der Waals surface area contributed by atoms with Crippen LogP contribution >= 0.6 is 23.7 Å². The lowest BCUT2D eigenvalue weighted by molar-refractivity contribution is -0.139. The third-order valence-corrected chi connectivity index (χ3v) is 3.83. The standard InChI is InChI=1S/C15H17N3O3S.ClH/c1-16-9-12(19)17-15-18-14(10-6-4-3-5-7-10)11(22-15)8-13(20)21-2;/h3-7,16H,8-9H2,1-2H3,(H,17,18,19);1H. The third kappa shape index (κ3) is 5.31. The van der Waals surface area contributed by atoms with Crippen molar-refractivity contribution >= 4 is 40.8 Å². The van der Waals surface area contributed by atoms with Crippen molar-refractivity contribution in [1.29, 1.82) is 0 Å². The maximum absolute atomic E-state index is 11.6. The average Bonchev–Trinajstić information content (AvgIpc) is 2.90. The zero-order valence-corrected chi connectivity index (χ0v) is 14.4. The molecule has 2 rings (SSSR count). The normalized spacial score (nSPS) is 9.83. The largest absolute Gasteiger partial charge is 0.469 e. The van der Waals surface area contributed by atoms with E-state index in [1.165, 1.54) is 18.4 Å². The Balaban J connectivity index is 0.00000264. The molecule has 0 bridgehead atoms. The number of hydrogen-bond donors (Lipinski definition) is 2. The van der Waals surface area contributed by atoms with E-state index in [0.29, 0.717) is 10.8 Å². The summed E-state index contributed by atoms with van der Waals surface area (Å²) in [5.41, 5.74) is 1.59. The fourth-order valence-electron chi connectivity index (χ4n) is 1.87. The Morgan fingerprint density at radius 1 is 1.26 bits per heavy atom. The minimum absolute atomic E-state index is 0. The molecular formula is C15H18ClN3O3S. The molecular weight excluding hydrogens is 338 g/mol. The van der Waals surface area contributed by atoms with Crippen molar-refractivity contribution < 1.29 is 14.3 Å². The third-order valence-electron chi connectivity index (χ3n) is 2.86. The molecule has 23 heavy (non-hydrogen) atoms. The Morgan fingerprint density at radius 2 is 1.96 bits per heavy atom. The minimum atomic E-state index is -0.339. The van der Waals surface area contributed by atoms with Gasteiger partial charge in [-0.2, -0.15) is 0 Å². The van der Waals surface area contributed by atoms with Crippen LogP contribution in [-0.4, -0.2) is 37.6 Å². The van der Waals surface area contributed by atoms with E-state index in [0.717, 1.165) is 10.4 Å². The number of amides is 1. The Kier molecular flexibility index (Phi) is 7.67. The number of aromatic nitrogens is 1. The van der Waals surface area contributed by atoms with E-state index in [-0.39, 0.29) is 37.2 Å². The van der Waals surface area contributed by atoms with Gasteiger partial charge < -0.3 is 15.4 Å². The summed E-state index contributed by atoms with van der Waals surface area (Å²) in [6.45, 7) is 0.201. The predicted molar refractivity (Wildman–Crippen MR) is 93.1 cm³/mol. The van der Waals surface area contributed by atoms with E-state index >= 15 is 0 Å². The molecule has 0 aliphatic heterocycles. The quantitative estimate of drug-likeness (QED) is 0.776. The fraction of sp³-hybridized carbons (Fsp3) is 0.267. The van der Waals surface area contributed by atoms with Gasteiger partial charge in [-0.25, -0.2) is 4.98 Å². The van der Waals surface area contributed by atoms with Crippen molar-refractivity contribution in [1.82, 2.24) is 10.3 Å². The molecule has 1 aromatic carbocycles. The molecule has 0 unspecified atom stereocenters. The number of halogens is 1. The number of anilines is 1. The van der Waals surface area contributed by atoms with Crippen molar-refractivity contribution in [3.63, 3.8) is 0 Å². The van der Waals surface area contributed by atoms with Crippen LogP contribution in [0.3, 0.4) is 0 Å². The molecule has 0 spiro atoms. The Hall–Kier alpha value is -1.96. The van der Waals surface area contributed by atoms with Gasteiger partial charge in [0.1, 0.15) is 0 Å². The van der Waals surface area contributed by atoms with Gasteiger partial charge in [-0.1, -0.05) is 30.3 Å². The number of carbonyl (C=O) groups is 2. The monoisotopic (exact) mass is 355 g/mol. The molecule has 0 fully saturated rings. The predicted octanol–water partition coefficient (Wildman–Crippen LogP) is 2.11. The number of hydrogen-bond acceptors (Lipinski definition) is 6. The molecule has 0 radical (unpaired) electrons. The van der Waals surface area contributed by atoms with Crippen LogP contribution in [0.4, 0.5) is 5.13 Å². The molecule has 1 aromatic heterocycles. The van der Waals surface area contributed by atoms with Gasteiger partial charge in [0.05, 0.1) is 25.8 Å². The van der Waals surface area contributed by atoms with Crippen LogP contribution in [0.2, 0.25) is 0 Å². The number of nitrogens with zero attached hydrogens (tertiary/aromatic N) is 1. The number of carbonyl (C=O) groups excluding carboxylic acids is 2. The molecule has 124 valence electrons. The highest BCUT2D eigenvalue weighted by atomic mass is 35.5. The van der Waals surface area contributed by atoms with Gasteiger partial charge >= 0.3 is 5.97 Å². The van der Waals surface area contributed by atoms with Crippen LogP contribution in [0.5, 0.6) is 0 Å². The zero-order chi connectivity index (χ0) is 15.9. The van der Waals surface area contributed by atoms with Gasteiger partial charge in [0.2, 0.25) is 5.91 Å². The first kappa shape index (κ1) is 19.1. The lowest BCUT2D eigenvalue weighted by atomic mass is 10.1. The van der Waals surface area contributed by atoms with Gasteiger partial charge in [-0.05, 0) is 7.05 Å². The van der Waals surface area contributed by atoms with Crippen molar-refractivity contribution in [2.24, 2.45) is 0 Å². The number of nitrogens with one attached hydrogen (secondary N) is 2. The van der Waals surface area contributed by atoms with E-state index < -0.39 is 0 Å². The van der Waals surface area contributed by atoms with Gasteiger partial charge in [-0.3, -0.25) is 9.59 Å². The second-order valence-electron chi connectivity index (χ2n) is 4.49. The summed E-state index contributed by atoms with van der Waals surface area (Å²) < 4.78 is 4.72. The highest BCUT2D eigenvalue weighted by Gasteiger charge is 2.17. The summed E-state index contributed by atoms with van der Waals surface area (Å²) in [7, 11) is 3.04. The Morgan fingerprint density at radius 3 is 2.57 bits per heavy atom. The molecule has 0 aliphatic rings. The van der Waals surface area contributed by atoms with E-state index in [1.54, 1.807) is 7.05 Å². The number of benzene rings is 1. The second kappa shape index (κ2) is 9.24. The number of ether oxygens (including phenoxy) is 1. The Bertz CT molecular complexity index is 661. The van der Waals surface area contributed by atoms with Crippen LogP contribution in [0.1, 0.15) is 4.88 Å². The van der Waals surface area contributed by atoms with Gasteiger partial charge in [0, 0.05) is 10.4 Å². The molecule has 2 N–H and O–H groups in total. The highest BCUT2D eigenvalue weighted by molar-refractivity contribution is 7.16. The van der Waals surface area contributed by atoms with Crippen LogP contribution < -0.4 is 10.6 Å². The summed E-state index contributed by atoms with van der Waals surface area (Å²) >= 11 is 1.28. The van der Waals surface area contributed by atoms with Crippen LogP contribution in [0.15, 0.2) is 30.3 Å². The lowest BCUT2D eigenvalue weighted by Crippen LogP contribution is -2.24. The van der Waals surface area contributed by atoms with Crippen molar-refractivity contribution in [2.75, 3.05) is 26.0 Å². The second-order valence-corrected chi connectivity index (χ2v) is 5.57. The van der Waals surface area contributed by atoms with Crippen LogP contribution in [0, 0.1) is 0 Å². The molecule has 1 amide bonds. The van der Waals surface area contributed by atoms with E-state index in [1.807, 2.05) is 30.3 Å². The number of likely N-dealkylation sites (N-methyl/N-ethyl adjacent to an activating group) is 1. The van der Waals surface area contributed by atoms with E-state index in [4.69, 9.17) is 4.74 Å². The number of rotatable bonds is 6. The molecule has 0 saturated carbocycles. The first-order chi connectivity index (χ1) is 10.6. The van der Waals surface area contributed by atoms with Crippen LogP contribution in [0.25, 0.3) is 11.3 Å². The van der Waals surface area contributed by atoms with Crippen molar-refractivity contribution in [3.8, 4) is 11.3 Å². The number of thiazole rings is 1. The topological polar surface area (TPSA) is 80.3 Å². The first-order valence-electron chi connectivity index (χ1n) is 6.70. The SMILES string of the molecule is CNCC(=O)Nc1nc(-c2ccccc2)c(CC(=O)OC)s1.Cl. The first-order valence-corrected chi connectivity index (χ1v) is 7.52. The van der Waals surface area contributed by atoms with Crippen molar-refractivity contribution in [2.45, 2.75) is 6.42 Å². The maximum atomic E-state index is 11.6. The summed E-state index contributed by atoms with van der Waals surface area (Å²) in [6, 6.07) is 9.53. The number of methoxy groups -OCH3 is 1. The molecule has 6 nitrogen and oxygen atoms in total. The zero-order valence-electron chi connectivity index (χ0n) is 12.8. The number of esters is 1. The van der Waals surface area contributed by atoms with Crippen molar-refractivity contribution in [3.05, 3.63) is 35.2 Å². The van der Waals surface area contributed by atoms with E-state index in [9.17, 15) is 9.59 Å². The molecule has 0 saturated heterocycles. The fourth-order valence-corrected chi connectivity index (χ4v) is 2.86.